The Labute approximate surface area is 171 Å². The Kier molecular flexibility index (Phi) is 5.84. The van der Waals surface area contributed by atoms with Gasteiger partial charge in [-0.25, -0.2) is 0 Å². The largest absolute Gasteiger partial charge is 0.484 e. The number of aromatic nitrogens is 3. The van der Waals surface area contributed by atoms with Crippen LogP contribution in [0.15, 0.2) is 59.7 Å². The van der Waals surface area contributed by atoms with E-state index in [0.29, 0.717) is 18.9 Å². The molecular weight excluding hydrogens is 399 g/mol. The second kappa shape index (κ2) is 8.70. The number of rotatable bonds is 6. The van der Waals surface area contributed by atoms with Gasteiger partial charge in [0.1, 0.15) is 5.75 Å². The van der Waals surface area contributed by atoms with E-state index in [1.807, 2.05) is 18.3 Å². The Hall–Kier alpha value is -3.14. The molecule has 4 rings (SSSR count). The van der Waals surface area contributed by atoms with E-state index >= 15 is 0 Å². The van der Waals surface area contributed by atoms with Gasteiger partial charge in [-0.1, -0.05) is 17.3 Å². The molecule has 30 heavy (non-hydrogen) atoms. The number of nitrogens with zero attached hydrogens (tertiary/aromatic N) is 5. The van der Waals surface area contributed by atoms with Crippen LogP contribution >= 0.6 is 0 Å². The van der Waals surface area contributed by atoms with E-state index in [2.05, 4.69) is 24.9 Å². The van der Waals surface area contributed by atoms with Crippen LogP contribution in [-0.4, -0.2) is 52.4 Å². The van der Waals surface area contributed by atoms with Crippen molar-refractivity contribution in [3.8, 4) is 5.75 Å². The molecule has 158 valence electrons. The van der Waals surface area contributed by atoms with E-state index < -0.39 is 12.8 Å². The number of pyridine rings is 1. The fourth-order valence-corrected chi connectivity index (χ4v) is 3.45. The van der Waals surface area contributed by atoms with Gasteiger partial charge in [-0.2, -0.15) is 18.2 Å². The van der Waals surface area contributed by atoms with E-state index in [-0.39, 0.29) is 11.8 Å². The predicted octanol–water partition coefficient (Wildman–Crippen LogP) is 3.47. The monoisotopic (exact) mass is 419 g/mol. The van der Waals surface area contributed by atoms with Gasteiger partial charge in [0.2, 0.25) is 6.39 Å². The van der Waals surface area contributed by atoms with Gasteiger partial charge in [-0.05, 0) is 29.8 Å². The van der Waals surface area contributed by atoms with Gasteiger partial charge < -0.3 is 14.2 Å². The van der Waals surface area contributed by atoms with Crippen LogP contribution in [0.1, 0.15) is 17.4 Å². The fourth-order valence-electron chi connectivity index (χ4n) is 3.45. The van der Waals surface area contributed by atoms with Crippen molar-refractivity contribution >= 4 is 5.69 Å². The summed E-state index contributed by atoms with van der Waals surface area (Å²) in [5.74, 6) is 0.779. The molecule has 0 N–H and O–H groups in total. The molecule has 1 atom stereocenters. The number of anilines is 1. The van der Waals surface area contributed by atoms with Crippen molar-refractivity contribution in [2.75, 3.05) is 31.1 Å². The molecule has 2 aromatic heterocycles. The summed E-state index contributed by atoms with van der Waals surface area (Å²) in [7, 11) is 0. The first kappa shape index (κ1) is 20.1. The topological polar surface area (TPSA) is 67.5 Å². The normalized spacial score (nSPS) is 17.8. The molecule has 1 aliphatic rings. The Morgan fingerprint density at radius 3 is 2.63 bits per heavy atom. The van der Waals surface area contributed by atoms with Gasteiger partial charge in [0.25, 0.3) is 0 Å². The maximum atomic E-state index is 12.3. The first-order chi connectivity index (χ1) is 14.5. The molecule has 0 amide bonds. The molecular formula is C20H20F3N5O2. The van der Waals surface area contributed by atoms with Gasteiger partial charge >= 0.3 is 6.18 Å². The van der Waals surface area contributed by atoms with Crippen molar-refractivity contribution in [2.24, 2.45) is 0 Å². The minimum Gasteiger partial charge on any atom is -0.484 e. The zero-order valence-electron chi connectivity index (χ0n) is 16.0. The number of alkyl halides is 3. The molecule has 3 heterocycles. The smallest absolute Gasteiger partial charge is 0.422 e. The third-order valence-corrected chi connectivity index (χ3v) is 4.89. The minimum atomic E-state index is -4.36. The maximum Gasteiger partial charge on any atom is 0.422 e. The van der Waals surface area contributed by atoms with E-state index in [1.54, 1.807) is 30.5 Å². The summed E-state index contributed by atoms with van der Waals surface area (Å²) in [4.78, 5) is 12.9. The summed E-state index contributed by atoms with van der Waals surface area (Å²) >= 11 is 0. The average molecular weight is 419 g/mol. The zero-order chi connectivity index (χ0) is 21.0. The van der Waals surface area contributed by atoms with Crippen molar-refractivity contribution in [3.05, 3.63) is 66.6 Å². The summed E-state index contributed by atoms with van der Waals surface area (Å²) in [5, 5.41) is 4.02. The maximum absolute atomic E-state index is 12.3. The molecule has 3 aromatic rings. The lowest BCUT2D eigenvalue weighted by atomic mass is 10.1. The van der Waals surface area contributed by atoms with E-state index in [4.69, 9.17) is 9.26 Å². The highest BCUT2D eigenvalue weighted by atomic mass is 19.4. The zero-order valence-corrected chi connectivity index (χ0v) is 16.0. The Morgan fingerprint density at radius 1 is 1.13 bits per heavy atom. The molecule has 1 fully saturated rings. The average Bonchev–Trinajstić information content (AvgIpc) is 3.28. The Morgan fingerprint density at radius 2 is 1.97 bits per heavy atom. The third kappa shape index (κ3) is 5.07. The second-order valence-electron chi connectivity index (χ2n) is 6.98. The van der Waals surface area contributed by atoms with Crippen LogP contribution < -0.4 is 9.64 Å². The van der Waals surface area contributed by atoms with Crippen molar-refractivity contribution < 1.29 is 22.4 Å². The molecule has 1 aliphatic heterocycles. The fraction of sp³-hybridized carbons (Fsp3) is 0.350. The third-order valence-electron chi connectivity index (χ3n) is 4.89. The molecule has 0 aliphatic carbocycles. The number of hydrogen-bond donors (Lipinski definition) is 0. The van der Waals surface area contributed by atoms with Gasteiger partial charge in [0.15, 0.2) is 12.4 Å². The number of piperazine rings is 1. The van der Waals surface area contributed by atoms with Crippen LogP contribution in [0.2, 0.25) is 0 Å². The molecule has 1 unspecified atom stereocenters. The Balaban J connectivity index is 1.45. The van der Waals surface area contributed by atoms with Crippen LogP contribution in [0, 0.1) is 0 Å². The number of hydrogen-bond acceptors (Lipinski definition) is 7. The summed E-state index contributed by atoms with van der Waals surface area (Å²) in [6.45, 7) is 1.51. The van der Waals surface area contributed by atoms with Crippen molar-refractivity contribution in [1.29, 1.82) is 0 Å². The summed E-state index contributed by atoms with van der Waals surface area (Å²) < 4.78 is 46.6. The number of halogens is 3. The quantitative estimate of drug-likeness (QED) is 0.606. The molecule has 10 heteroatoms. The first-order valence-corrected chi connectivity index (χ1v) is 9.42. The van der Waals surface area contributed by atoms with Crippen LogP contribution in [0.5, 0.6) is 5.75 Å². The minimum absolute atomic E-state index is 0.0983. The predicted molar refractivity (Wildman–Crippen MR) is 102 cm³/mol. The van der Waals surface area contributed by atoms with Crippen LogP contribution in [-0.2, 0) is 6.54 Å². The highest BCUT2D eigenvalue weighted by Crippen LogP contribution is 2.28. The van der Waals surface area contributed by atoms with E-state index in [9.17, 15) is 13.2 Å². The molecule has 0 bridgehead atoms. The number of benzene rings is 1. The van der Waals surface area contributed by atoms with Crippen LogP contribution in [0.3, 0.4) is 0 Å². The molecule has 0 saturated carbocycles. The standard InChI is InChI=1S/C20H20F3N5O2/c21-20(22,23)13-29-17-5-3-15(4-6-17)11-28-9-8-27(16-2-1-7-24-10-16)12-18(28)19-25-14-30-26-19/h1-7,10,14,18H,8-9,11-13H2. The second-order valence-corrected chi connectivity index (χ2v) is 6.98. The summed E-state index contributed by atoms with van der Waals surface area (Å²) in [5.41, 5.74) is 1.98. The number of ether oxygens (including phenoxy) is 1. The van der Waals surface area contributed by atoms with Crippen molar-refractivity contribution in [1.82, 2.24) is 20.0 Å². The van der Waals surface area contributed by atoms with Gasteiger partial charge in [-0.3, -0.25) is 9.88 Å². The lowest BCUT2D eigenvalue weighted by Crippen LogP contribution is -2.48. The molecule has 1 aromatic carbocycles. The van der Waals surface area contributed by atoms with Crippen LogP contribution in [0.4, 0.5) is 18.9 Å². The molecule has 0 radical (unpaired) electrons. The molecule has 1 saturated heterocycles. The summed E-state index contributed by atoms with van der Waals surface area (Å²) in [6.07, 6.45) is 0.509. The van der Waals surface area contributed by atoms with E-state index in [1.165, 1.54) is 6.39 Å². The van der Waals surface area contributed by atoms with Crippen molar-refractivity contribution in [2.45, 2.75) is 18.8 Å². The van der Waals surface area contributed by atoms with Gasteiger partial charge in [-0.15, -0.1) is 0 Å². The Bertz CT molecular complexity index is 920. The molecule has 7 nitrogen and oxygen atoms in total. The van der Waals surface area contributed by atoms with Gasteiger partial charge in [0.05, 0.1) is 17.9 Å². The highest BCUT2D eigenvalue weighted by Gasteiger charge is 2.31. The lowest BCUT2D eigenvalue weighted by Gasteiger charge is -2.41. The van der Waals surface area contributed by atoms with Crippen LogP contribution in [0.25, 0.3) is 0 Å². The van der Waals surface area contributed by atoms with E-state index in [0.717, 1.165) is 24.3 Å². The summed E-state index contributed by atoms with van der Waals surface area (Å²) in [6, 6.07) is 10.5. The SMILES string of the molecule is FC(F)(F)COc1ccc(CN2CCN(c3cccnc3)CC2c2ncon2)cc1. The van der Waals surface area contributed by atoms with Gasteiger partial charge in [0, 0.05) is 32.4 Å². The molecule has 0 spiro atoms. The highest BCUT2D eigenvalue weighted by molar-refractivity contribution is 5.44. The lowest BCUT2D eigenvalue weighted by molar-refractivity contribution is -0.153. The van der Waals surface area contributed by atoms with Crippen molar-refractivity contribution in [3.63, 3.8) is 0 Å². The first-order valence-electron chi connectivity index (χ1n) is 9.42.